The standard InChI is InChI=1S/C16H21NO/c1-11-7-8-15-12(9-11)10-16(18-15)13-5-3-2-4-6-14(13)17/h7-10,13-14H,2-6,17H2,1H3. The van der Waals surface area contributed by atoms with Crippen LogP contribution >= 0.6 is 0 Å². The summed E-state index contributed by atoms with van der Waals surface area (Å²) < 4.78 is 6.01. The van der Waals surface area contributed by atoms with Crippen LogP contribution in [-0.2, 0) is 0 Å². The SMILES string of the molecule is Cc1ccc2oc(C3CCCCCC3N)cc2c1. The van der Waals surface area contributed by atoms with Gasteiger partial charge in [0.15, 0.2) is 0 Å². The number of nitrogens with two attached hydrogens (primary N) is 1. The third kappa shape index (κ3) is 2.17. The van der Waals surface area contributed by atoms with Crippen LogP contribution in [0.25, 0.3) is 11.0 Å². The first-order valence-electron chi connectivity index (χ1n) is 7.00. The van der Waals surface area contributed by atoms with Gasteiger partial charge in [0.05, 0.1) is 0 Å². The van der Waals surface area contributed by atoms with Gasteiger partial charge in [-0.3, -0.25) is 0 Å². The first-order chi connectivity index (χ1) is 8.74. The minimum atomic E-state index is 0.258. The van der Waals surface area contributed by atoms with Crippen molar-refractivity contribution in [2.24, 2.45) is 5.73 Å². The Balaban J connectivity index is 1.97. The maximum Gasteiger partial charge on any atom is 0.134 e. The molecule has 1 aliphatic carbocycles. The maximum atomic E-state index is 6.30. The Morgan fingerprint density at radius 3 is 2.83 bits per heavy atom. The summed E-state index contributed by atoms with van der Waals surface area (Å²) in [5.41, 5.74) is 8.57. The van der Waals surface area contributed by atoms with Gasteiger partial charge in [0, 0.05) is 17.3 Å². The number of benzene rings is 1. The van der Waals surface area contributed by atoms with E-state index in [4.69, 9.17) is 10.2 Å². The van der Waals surface area contributed by atoms with E-state index in [1.807, 2.05) is 0 Å². The zero-order chi connectivity index (χ0) is 12.5. The molecule has 2 N–H and O–H groups in total. The fourth-order valence-electron chi connectivity index (χ4n) is 3.06. The molecule has 1 fully saturated rings. The molecule has 2 atom stereocenters. The number of rotatable bonds is 1. The first-order valence-corrected chi connectivity index (χ1v) is 7.00. The zero-order valence-electron chi connectivity index (χ0n) is 11.0. The monoisotopic (exact) mass is 243 g/mol. The predicted molar refractivity (Wildman–Crippen MR) is 74.8 cm³/mol. The lowest BCUT2D eigenvalue weighted by molar-refractivity contribution is 0.417. The molecule has 18 heavy (non-hydrogen) atoms. The van der Waals surface area contributed by atoms with Gasteiger partial charge in [-0.1, -0.05) is 30.9 Å². The Labute approximate surface area is 108 Å². The van der Waals surface area contributed by atoms with Crippen molar-refractivity contribution in [2.45, 2.75) is 51.0 Å². The van der Waals surface area contributed by atoms with E-state index in [2.05, 4.69) is 31.2 Å². The molecule has 2 nitrogen and oxygen atoms in total. The van der Waals surface area contributed by atoms with Crippen molar-refractivity contribution in [1.82, 2.24) is 0 Å². The molecule has 0 amide bonds. The Bertz CT molecular complexity index is 543. The molecule has 2 unspecified atom stereocenters. The Morgan fingerprint density at radius 2 is 1.94 bits per heavy atom. The molecule has 1 saturated carbocycles. The smallest absolute Gasteiger partial charge is 0.134 e. The van der Waals surface area contributed by atoms with E-state index in [-0.39, 0.29) is 6.04 Å². The number of aryl methyl sites for hydroxylation is 1. The van der Waals surface area contributed by atoms with Gasteiger partial charge in [0.25, 0.3) is 0 Å². The van der Waals surface area contributed by atoms with Crippen LogP contribution < -0.4 is 5.73 Å². The van der Waals surface area contributed by atoms with Gasteiger partial charge < -0.3 is 10.2 Å². The minimum Gasteiger partial charge on any atom is -0.461 e. The maximum absolute atomic E-state index is 6.30. The van der Waals surface area contributed by atoms with E-state index >= 15 is 0 Å². The summed E-state index contributed by atoms with van der Waals surface area (Å²) in [6.45, 7) is 2.11. The molecule has 0 bridgehead atoms. The van der Waals surface area contributed by atoms with Gasteiger partial charge in [-0.15, -0.1) is 0 Å². The van der Waals surface area contributed by atoms with Crippen LogP contribution in [0, 0.1) is 6.92 Å². The van der Waals surface area contributed by atoms with E-state index in [1.54, 1.807) is 0 Å². The van der Waals surface area contributed by atoms with Crippen LogP contribution in [0.15, 0.2) is 28.7 Å². The molecule has 0 radical (unpaired) electrons. The van der Waals surface area contributed by atoms with Crippen molar-refractivity contribution < 1.29 is 4.42 Å². The highest BCUT2D eigenvalue weighted by atomic mass is 16.3. The van der Waals surface area contributed by atoms with Gasteiger partial charge in [-0.2, -0.15) is 0 Å². The highest BCUT2D eigenvalue weighted by Gasteiger charge is 2.25. The van der Waals surface area contributed by atoms with Gasteiger partial charge in [-0.05, 0) is 38.0 Å². The Morgan fingerprint density at radius 1 is 1.11 bits per heavy atom. The van der Waals surface area contributed by atoms with Crippen LogP contribution in [-0.4, -0.2) is 6.04 Å². The second-order valence-corrected chi connectivity index (χ2v) is 5.60. The average Bonchev–Trinajstić information content (AvgIpc) is 2.63. The van der Waals surface area contributed by atoms with Gasteiger partial charge in [0.2, 0.25) is 0 Å². The van der Waals surface area contributed by atoms with E-state index < -0.39 is 0 Å². The van der Waals surface area contributed by atoms with Crippen molar-refractivity contribution in [2.75, 3.05) is 0 Å². The molecule has 3 rings (SSSR count). The molecule has 96 valence electrons. The largest absolute Gasteiger partial charge is 0.461 e. The molecule has 1 aliphatic rings. The Kier molecular flexibility index (Phi) is 3.13. The lowest BCUT2D eigenvalue weighted by atomic mass is 9.93. The fourth-order valence-corrected chi connectivity index (χ4v) is 3.06. The number of hydrogen-bond donors (Lipinski definition) is 1. The van der Waals surface area contributed by atoms with Crippen molar-refractivity contribution in [1.29, 1.82) is 0 Å². The van der Waals surface area contributed by atoms with Gasteiger partial charge in [0.1, 0.15) is 11.3 Å². The average molecular weight is 243 g/mol. The summed E-state index contributed by atoms with van der Waals surface area (Å²) in [5.74, 6) is 1.49. The van der Waals surface area contributed by atoms with Crippen molar-refractivity contribution >= 4 is 11.0 Å². The molecule has 0 saturated heterocycles. The molecule has 2 heteroatoms. The highest BCUT2D eigenvalue weighted by molar-refractivity contribution is 5.78. The zero-order valence-corrected chi connectivity index (χ0v) is 11.0. The molecular formula is C16H21NO. The summed E-state index contributed by atoms with van der Waals surface area (Å²) in [6, 6.07) is 8.80. The van der Waals surface area contributed by atoms with Crippen LogP contribution in [0.3, 0.4) is 0 Å². The third-order valence-corrected chi connectivity index (χ3v) is 4.13. The number of fused-ring (bicyclic) bond motifs is 1. The molecule has 0 spiro atoms. The van der Waals surface area contributed by atoms with Crippen LogP contribution in [0.4, 0.5) is 0 Å². The van der Waals surface area contributed by atoms with Crippen LogP contribution in [0.5, 0.6) is 0 Å². The summed E-state index contributed by atoms with van der Waals surface area (Å²) in [7, 11) is 0. The van der Waals surface area contributed by atoms with Crippen LogP contribution in [0.1, 0.15) is 49.3 Å². The van der Waals surface area contributed by atoms with Crippen molar-refractivity contribution in [3.8, 4) is 0 Å². The molecular weight excluding hydrogens is 222 g/mol. The lowest BCUT2D eigenvalue weighted by Gasteiger charge is -2.18. The molecule has 1 heterocycles. The predicted octanol–water partition coefficient (Wildman–Crippen LogP) is 4.12. The summed E-state index contributed by atoms with van der Waals surface area (Å²) in [4.78, 5) is 0. The normalized spacial score (nSPS) is 25.2. The first kappa shape index (κ1) is 11.8. The van der Waals surface area contributed by atoms with Crippen molar-refractivity contribution in [3.63, 3.8) is 0 Å². The summed E-state index contributed by atoms with van der Waals surface area (Å²) in [6.07, 6.45) is 6.13. The second kappa shape index (κ2) is 4.77. The fraction of sp³-hybridized carbons (Fsp3) is 0.500. The lowest BCUT2D eigenvalue weighted by Crippen LogP contribution is -2.26. The number of hydrogen-bond acceptors (Lipinski definition) is 2. The second-order valence-electron chi connectivity index (χ2n) is 5.60. The molecule has 2 aromatic rings. The van der Waals surface area contributed by atoms with Crippen molar-refractivity contribution in [3.05, 3.63) is 35.6 Å². The topological polar surface area (TPSA) is 39.2 Å². The minimum absolute atomic E-state index is 0.258. The number of furan rings is 1. The molecule has 1 aromatic heterocycles. The summed E-state index contributed by atoms with van der Waals surface area (Å²) >= 11 is 0. The van der Waals surface area contributed by atoms with Crippen LogP contribution in [0.2, 0.25) is 0 Å². The van der Waals surface area contributed by atoms with E-state index in [0.29, 0.717) is 5.92 Å². The highest BCUT2D eigenvalue weighted by Crippen LogP contribution is 2.34. The van der Waals surface area contributed by atoms with E-state index in [1.165, 1.54) is 36.6 Å². The quantitative estimate of drug-likeness (QED) is 0.765. The third-order valence-electron chi connectivity index (χ3n) is 4.13. The van der Waals surface area contributed by atoms with Gasteiger partial charge >= 0.3 is 0 Å². The molecule has 1 aromatic carbocycles. The summed E-state index contributed by atoms with van der Waals surface area (Å²) in [5, 5.41) is 1.21. The van der Waals surface area contributed by atoms with E-state index in [0.717, 1.165) is 17.8 Å². The molecule has 0 aliphatic heterocycles. The Hall–Kier alpha value is -1.28. The van der Waals surface area contributed by atoms with Gasteiger partial charge in [-0.25, -0.2) is 0 Å². The van der Waals surface area contributed by atoms with E-state index in [9.17, 15) is 0 Å².